The molecule has 29 heavy (non-hydrogen) atoms. The summed E-state index contributed by atoms with van der Waals surface area (Å²) in [4.78, 5) is 40.0. The third-order valence-corrected chi connectivity index (χ3v) is 5.32. The number of carbonyl (C=O) groups is 3. The summed E-state index contributed by atoms with van der Waals surface area (Å²) in [5.41, 5.74) is 2.31. The van der Waals surface area contributed by atoms with Gasteiger partial charge in [0.2, 0.25) is 5.91 Å². The van der Waals surface area contributed by atoms with Crippen LogP contribution in [-0.4, -0.2) is 60.0 Å². The molecule has 0 N–H and O–H groups in total. The molecular formula is C22H34N2O5. The number of Topliss-reactive ketones (excluding diaryl/α,β-unsaturated/α-hetero) is 1. The number of aromatic nitrogens is 1. The molecule has 0 bridgehead atoms. The van der Waals surface area contributed by atoms with Gasteiger partial charge >= 0.3 is 5.97 Å². The molecule has 1 aromatic rings. The van der Waals surface area contributed by atoms with E-state index in [2.05, 4.69) is 0 Å². The zero-order chi connectivity index (χ0) is 21.6. The van der Waals surface area contributed by atoms with Crippen LogP contribution in [0.15, 0.2) is 0 Å². The van der Waals surface area contributed by atoms with Crippen molar-refractivity contribution in [3.63, 3.8) is 0 Å². The standard InChI is InChI=1S/C22H34N2O5/c1-6-24-16(5)19(15(4)20(24)22(27)29-8-3)18(25)14-23(12-9-13-28-7-2)21(26)17-10-11-17/h17H,6-14H2,1-5H3. The van der Waals surface area contributed by atoms with Crippen molar-refractivity contribution < 1.29 is 23.9 Å². The van der Waals surface area contributed by atoms with E-state index in [1.807, 2.05) is 25.3 Å². The fourth-order valence-corrected chi connectivity index (χ4v) is 3.77. The lowest BCUT2D eigenvalue weighted by atomic mass is 10.0. The van der Waals surface area contributed by atoms with Gasteiger partial charge in [0, 0.05) is 43.5 Å². The number of amides is 1. The number of carbonyl (C=O) groups excluding carboxylic acids is 3. The Morgan fingerprint density at radius 2 is 1.79 bits per heavy atom. The first kappa shape index (κ1) is 23.1. The first-order valence-electron chi connectivity index (χ1n) is 10.6. The lowest BCUT2D eigenvalue weighted by molar-refractivity contribution is -0.132. The van der Waals surface area contributed by atoms with Gasteiger partial charge in [0.05, 0.1) is 13.2 Å². The van der Waals surface area contributed by atoms with Crippen LogP contribution >= 0.6 is 0 Å². The van der Waals surface area contributed by atoms with E-state index in [0.717, 1.165) is 18.5 Å². The number of nitrogens with zero attached hydrogens (tertiary/aromatic N) is 2. The zero-order valence-electron chi connectivity index (χ0n) is 18.4. The highest BCUT2D eigenvalue weighted by Crippen LogP contribution is 2.31. The predicted molar refractivity (Wildman–Crippen MR) is 110 cm³/mol. The van der Waals surface area contributed by atoms with Gasteiger partial charge in [-0.2, -0.15) is 0 Å². The summed E-state index contributed by atoms with van der Waals surface area (Å²) in [5.74, 6) is -0.460. The molecule has 1 fully saturated rings. The highest BCUT2D eigenvalue weighted by atomic mass is 16.5. The summed E-state index contributed by atoms with van der Waals surface area (Å²) in [6.45, 7) is 11.8. The molecule has 7 nitrogen and oxygen atoms in total. The number of ketones is 1. The van der Waals surface area contributed by atoms with Crippen LogP contribution in [0.4, 0.5) is 0 Å². The Hall–Kier alpha value is -2.15. The average Bonchev–Trinajstić information content (AvgIpc) is 3.49. The van der Waals surface area contributed by atoms with Gasteiger partial charge in [0.25, 0.3) is 0 Å². The molecule has 0 spiro atoms. The van der Waals surface area contributed by atoms with E-state index in [0.29, 0.717) is 49.5 Å². The Kier molecular flexibility index (Phi) is 8.44. The van der Waals surface area contributed by atoms with E-state index >= 15 is 0 Å². The van der Waals surface area contributed by atoms with E-state index in [4.69, 9.17) is 9.47 Å². The number of ether oxygens (including phenoxy) is 2. The molecule has 1 amide bonds. The number of hydrogen-bond acceptors (Lipinski definition) is 5. The molecule has 0 aromatic carbocycles. The minimum atomic E-state index is -0.420. The van der Waals surface area contributed by atoms with E-state index < -0.39 is 5.97 Å². The van der Waals surface area contributed by atoms with Gasteiger partial charge in [-0.3, -0.25) is 9.59 Å². The van der Waals surface area contributed by atoms with Crippen LogP contribution in [0.1, 0.15) is 72.1 Å². The maximum atomic E-state index is 13.2. The quantitative estimate of drug-likeness (QED) is 0.303. The zero-order valence-corrected chi connectivity index (χ0v) is 18.4. The van der Waals surface area contributed by atoms with Crippen LogP contribution in [0.3, 0.4) is 0 Å². The fraction of sp³-hybridized carbons (Fsp3) is 0.682. The first-order valence-corrected chi connectivity index (χ1v) is 10.6. The Labute approximate surface area is 173 Å². The molecule has 2 rings (SSSR count). The highest BCUT2D eigenvalue weighted by Gasteiger charge is 2.35. The SMILES string of the molecule is CCOCCCN(CC(=O)c1c(C)c(C(=O)OCC)n(CC)c1C)C(=O)C1CC1. The molecule has 1 aliphatic carbocycles. The van der Waals surface area contributed by atoms with Crippen LogP contribution in [0.5, 0.6) is 0 Å². The third kappa shape index (κ3) is 5.47. The summed E-state index contributed by atoms with van der Waals surface area (Å²) in [7, 11) is 0. The minimum absolute atomic E-state index is 0.0269. The summed E-state index contributed by atoms with van der Waals surface area (Å²) < 4.78 is 12.4. The van der Waals surface area contributed by atoms with Crippen molar-refractivity contribution in [2.24, 2.45) is 5.92 Å². The normalized spacial score (nSPS) is 13.4. The Bertz CT molecular complexity index is 749. The summed E-state index contributed by atoms with van der Waals surface area (Å²) in [6, 6.07) is 0. The molecule has 0 atom stereocenters. The van der Waals surface area contributed by atoms with E-state index in [9.17, 15) is 14.4 Å². The molecule has 0 saturated heterocycles. The van der Waals surface area contributed by atoms with Crippen LogP contribution < -0.4 is 0 Å². The van der Waals surface area contributed by atoms with Gasteiger partial charge in [-0.15, -0.1) is 0 Å². The lowest BCUT2D eigenvalue weighted by Gasteiger charge is -2.22. The smallest absolute Gasteiger partial charge is 0.355 e. The second-order valence-electron chi connectivity index (χ2n) is 7.41. The minimum Gasteiger partial charge on any atom is -0.461 e. The van der Waals surface area contributed by atoms with Crippen LogP contribution in [0, 0.1) is 19.8 Å². The van der Waals surface area contributed by atoms with Crippen molar-refractivity contribution in [2.75, 3.05) is 32.9 Å². The average molecular weight is 407 g/mol. The van der Waals surface area contributed by atoms with Gasteiger partial charge in [0.15, 0.2) is 5.78 Å². The molecule has 0 unspecified atom stereocenters. The largest absolute Gasteiger partial charge is 0.461 e. The Morgan fingerprint density at radius 3 is 2.34 bits per heavy atom. The van der Waals surface area contributed by atoms with Crippen LogP contribution in [-0.2, 0) is 20.8 Å². The van der Waals surface area contributed by atoms with Crippen molar-refractivity contribution in [1.29, 1.82) is 0 Å². The topological polar surface area (TPSA) is 77.8 Å². The molecule has 0 aliphatic heterocycles. The van der Waals surface area contributed by atoms with E-state index in [1.165, 1.54) is 0 Å². The molecule has 1 aliphatic rings. The number of esters is 1. The van der Waals surface area contributed by atoms with Gasteiger partial charge in [0.1, 0.15) is 5.69 Å². The van der Waals surface area contributed by atoms with Crippen molar-refractivity contribution in [1.82, 2.24) is 9.47 Å². The second-order valence-corrected chi connectivity index (χ2v) is 7.41. The fourth-order valence-electron chi connectivity index (χ4n) is 3.77. The Morgan fingerprint density at radius 1 is 1.10 bits per heavy atom. The molecule has 1 aromatic heterocycles. The summed E-state index contributed by atoms with van der Waals surface area (Å²) in [6.07, 6.45) is 2.49. The molecule has 0 radical (unpaired) electrons. The van der Waals surface area contributed by atoms with Crippen molar-refractivity contribution in [3.05, 3.63) is 22.5 Å². The molecule has 162 valence electrons. The molecule has 1 heterocycles. The van der Waals surface area contributed by atoms with Crippen molar-refractivity contribution in [3.8, 4) is 0 Å². The Balaban J connectivity index is 2.24. The van der Waals surface area contributed by atoms with Gasteiger partial charge < -0.3 is 18.9 Å². The predicted octanol–water partition coefficient (Wildman–Crippen LogP) is 3.15. The summed E-state index contributed by atoms with van der Waals surface area (Å²) >= 11 is 0. The van der Waals surface area contributed by atoms with Gasteiger partial charge in [-0.25, -0.2) is 4.79 Å². The second kappa shape index (κ2) is 10.6. The first-order chi connectivity index (χ1) is 13.9. The van der Waals surface area contributed by atoms with Crippen LogP contribution in [0.25, 0.3) is 0 Å². The maximum absolute atomic E-state index is 13.2. The molecule has 7 heteroatoms. The molecular weight excluding hydrogens is 372 g/mol. The van der Waals surface area contributed by atoms with Gasteiger partial charge in [-0.1, -0.05) is 0 Å². The number of rotatable bonds is 12. The lowest BCUT2D eigenvalue weighted by Crippen LogP contribution is -2.38. The van der Waals surface area contributed by atoms with E-state index in [1.54, 1.807) is 18.7 Å². The van der Waals surface area contributed by atoms with Crippen molar-refractivity contribution in [2.45, 2.75) is 60.4 Å². The van der Waals surface area contributed by atoms with E-state index in [-0.39, 0.29) is 30.8 Å². The monoisotopic (exact) mass is 406 g/mol. The van der Waals surface area contributed by atoms with Crippen molar-refractivity contribution >= 4 is 17.7 Å². The van der Waals surface area contributed by atoms with Gasteiger partial charge in [-0.05, 0) is 59.4 Å². The number of hydrogen-bond donors (Lipinski definition) is 0. The maximum Gasteiger partial charge on any atom is 0.355 e. The third-order valence-electron chi connectivity index (χ3n) is 5.32. The van der Waals surface area contributed by atoms with Crippen LogP contribution in [0.2, 0.25) is 0 Å². The summed E-state index contributed by atoms with van der Waals surface area (Å²) in [5, 5.41) is 0. The highest BCUT2D eigenvalue weighted by molar-refractivity contribution is 6.04. The molecule has 1 saturated carbocycles.